The SMILES string of the molecule is CCCCOCCNC(=O)c1cnn(CCCN)c1C. The Morgan fingerprint density at radius 3 is 2.95 bits per heavy atom. The van der Waals surface area contributed by atoms with Gasteiger partial charge in [-0.25, -0.2) is 0 Å². The van der Waals surface area contributed by atoms with Crippen LogP contribution in [0.1, 0.15) is 42.2 Å². The van der Waals surface area contributed by atoms with E-state index in [-0.39, 0.29) is 5.91 Å². The van der Waals surface area contributed by atoms with Crippen molar-refractivity contribution in [2.24, 2.45) is 5.73 Å². The number of aromatic nitrogens is 2. The fourth-order valence-corrected chi connectivity index (χ4v) is 1.82. The number of carbonyl (C=O) groups is 1. The summed E-state index contributed by atoms with van der Waals surface area (Å²) in [5, 5.41) is 7.06. The zero-order chi connectivity index (χ0) is 14.8. The van der Waals surface area contributed by atoms with Crippen molar-refractivity contribution < 1.29 is 9.53 Å². The molecule has 1 aromatic rings. The van der Waals surface area contributed by atoms with Crippen LogP contribution in [0.25, 0.3) is 0 Å². The Labute approximate surface area is 120 Å². The van der Waals surface area contributed by atoms with Crippen LogP contribution >= 0.6 is 0 Å². The number of amides is 1. The molecule has 0 saturated carbocycles. The molecule has 0 fully saturated rings. The third-order valence-corrected chi connectivity index (χ3v) is 3.10. The molecule has 0 unspecified atom stereocenters. The van der Waals surface area contributed by atoms with Crippen molar-refractivity contribution in [2.45, 2.75) is 39.7 Å². The minimum absolute atomic E-state index is 0.0967. The highest BCUT2D eigenvalue weighted by atomic mass is 16.5. The zero-order valence-corrected chi connectivity index (χ0v) is 12.5. The number of nitrogens with zero attached hydrogens (tertiary/aromatic N) is 2. The molecule has 1 heterocycles. The van der Waals surface area contributed by atoms with Gasteiger partial charge in [0.25, 0.3) is 5.91 Å². The zero-order valence-electron chi connectivity index (χ0n) is 12.5. The summed E-state index contributed by atoms with van der Waals surface area (Å²) in [6, 6.07) is 0. The van der Waals surface area contributed by atoms with Gasteiger partial charge >= 0.3 is 0 Å². The molecule has 0 radical (unpaired) electrons. The van der Waals surface area contributed by atoms with Crippen LogP contribution in [0, 0.1) is 6.92 Å². The number of unbranched alkanes of at least 4 members (excludes halogenated alkanes) is 1. The highest BCUT2D eigenvalue weighted by molar-refractivity contribution is 5.94. The maximum absolute atomic E-state index is 12.0. The summed E-state index contributed by atoms with van der Waals surface area (Å²) in [4.78, 5) is 12.0. The summed E-state index contributed by atoms with van der Waals surface area (Å²) >= 11 is 0. The van der Waals surface area contributed by atoms with Crippen LogP contribution < -0.4 is 11.1 Å². The van der Waals surface area contributed by atoms with E-state index in [0.717, 1.165) is 38.1 Å². The molecule has 6 heteroatoms. The second-order valence-electron chi connectivity index (χ2n) is 4.73. The van der Waals surface area contributed by atoms with Gasteiger partial charge in [-0.2, -0.15) is 5.10 Å². The molecule has 0 atom stereocenters. The Morgan fingerprint density at radius 2 is 2.25 bits per heavy atom. The molecule has 1 rings (SSSR count). The lowest BCUT2D eigenvalue weighted by atomic mass is 10.2. The number of aryl methyl sites for hydroxylation is 1. The predicted octanol–water partition coefficient (Wildman–Crippen LogP) is 1.09. The van der Waals surface area contributed by atoms with Crippen molar-refractivity contribution in [1.29, 1.82) is 0 Å². The number of nitrogens with one attached hydrogen (secondary N) is 1. The molecule has 0 aliphatic carbocycles. The maximum Gasteiger partial charge on any atom is 0.254 e. The van der Waals surface area contributed by atoms with Gasteiger partial charge in [0.15, 0.2) is 0 Å². The third kappa shape index (κ3) is 5.30. The Hall–Kier alpha value is -1.40. The van der Waals surface area contributed by atoms with E-state index in [9.17, 15) is 4.79 Å². The smallest absolute Gasteiger partial charge is 0.254 e. The van der Waals surface area contributed by atoms with Gasteiger partial charge in [0.05, 0.1) is 18.4 Å². The van der Waals surface area contributed by atoms with Crippen molar-refractivity contribution in [3.05, 3.63) is 17.5 Å². The van der Waals surface area contributed by atoms with Crippen LogP contribution in [-0.2, 0) is 11.3 Å². The molecule has 0 spiro atoms. The van der Waals surface area contributed by atoms with Gasteiger partial charge in [-0.3, -0.25) is 9.48 Å². The summed E-state index contributed by atoms with van der Waals surface area (Å²) in [6.45, 7) is 7.21. The highest BCUT2D eigenvalue weighted by Crippen LogP contribution is 2.07. The van der Waals surface area contributed by atoms with E-state index in [1.807, 2.05) is 11.6 Å². The standard InChI is InChI=1S/C14H26N4O2/c1-3-4-9-20-10-7-16-14(19)13-11-17-18(12(13)2)8-5-6-15/h11H,3-10,15H2,1-2H3,(H,16,19). The first-order chi connectivity index (χ1) is 9.70. The monoisotopic (exact) mass is 282 g/mol. The van der Waals surface area contributed by atoms with E-state index in [2.05, 4.69) is 17.3 Å². The van der Waals surface area contributed by atoms with Gasteiger partial charge in [-0.05, 0) is 26.3 Å². The van der Waals surface area contributed by atoms with Crippen molar-refractivity contribution in [3.8, 4) is 0 Å². The number of carbonyl (C=O) groups excluding carboxylic acids is 1. The van der Waals surface area contributed by atoms with Gasteiger partial charge in [0.2, 0.25) is 0 Å². The van der Waals surface area contributed by atoms with Crippen LogP contribution in [0.2, 0.25) is 0 Å². The number of nitrogens with two attached hydrogens (primary N) is 1. The summed E-state index contributed by atoms with van der Waals surface area (Å²) in [5.74, 6) is -0.0967. The van der Waals surface area contributed by atoms with Gasteiger partial charge in [0.1, 0.15) is 0 Å². The van der Waals surface area contributed by atoms with Crippen LogP contribution in [0.5, 0.6) is 0 Å². The summed E-state index contributed by atoms with van der Waals surface area (Å²) in [5.41, 5.74) is 6.97. The lowest BCUT2D eigenvalue weighted by Gasteiger charge is -2.07. The van der Waals surface area contributed by atoms with Gasteiger partial charge in [0, 0.05) is 25.4 Å². The molecule has 6 nitrogen and oxygen atoms in total. The quantitative estimate of drug-likeness (QED) is 0.629. The topological polar surface area (TPSA) is 82.2 Å². The molecule has 114 valence electrons. The number of ether oxygens (including phenoxy) is 1. The molecule has 0 aromatic carbocycles. The molecule has 0 aliphatic rings. The van der Waals surface area contributed by atoms with Crippen molar-refractivity contribution in [3.63, 3.8) is 0 Å². The first-order valence-corrected chi connectivity index (χ1v) is 7.29. The van der Waals surface area contributed by atoms with E-state index < -0.39 is 0 Å². The summed E-state index contributed by atoms with van der Waals surface area (Å²) in [6.07, 6.45) is 4.64. The Kier molecular flexibility index (Phi) is 7.91. The molecule has 20 heavy (non-hydrogen) atoms. The van der Waals surface area contributed by atoms with E-state index in [4.69, 9.17) is 10.5 Å². The lowest BCUT2D eigenvalue weighted by molar-refractivity contribution is 0.0912. The first-order valence-electron chi connectivity index (χ1n) is 7.29. The van der Waals surface area contributed by atoms with Crippen molar-refractivity contribution >= 4 is 5.91 Å². The van der Waals surface area contributed by atoms with Gasteiger partial charge < -0.3 is 15.8 Å². The first kappa shape index (κ1) is 16.7. The van der Waals surface area contributed by atoms with Crippen LogP contribution in [0.4, 0.5) is 0 Å². The molecular weight excluding hydrogens is 256 g/mol. The molecular formula is C14H26N4O2. The molecule has 3 N–H and O–H groups in total. The summed E-state index contributed by atoms with van der Waals surface area (Å²) < 4.78 is 7.22. The Balaban J connectivity index is 2.34. The minimum Gasteiger partial charge on any atom is -0.380 e. The molecule has 1 aromatic heterocycles. The molecule has 1 amide bonds. The van der Waals surface area contributed by atoms with E-state index in [1.54, 1.807) is 6.20 Å². The second kappa shape index (κ2) is 9.50. The van der Waals surface area contributed by atoms with E-state index >= 15 is 0 Å². The average molecular weight is 282 g/mol. The van der Waals surface area contributed by atoms with Crippen LogP contribution in [0.15, 0.2) is 6.20 Å². The van der Waals surface area contributed by atoms with Gasteiger partial charge in [-0.15, -0.1) is 0 Å². The normalized spacial score (nSPS) is 10.8. The number of hydrogen-bond acceptors (Lipinski definition) is 4. The van der Waals surface area contributed by atoms with Crippen molar-refractivity contribution in [2.75, 3.05) is 26.3 Å². The van der Waals surface area contributed by atoms with Crippen LogP contribution in [0.3, 0.4) is 0 Å². The van der Waals surface area contributed by atoms with Crippen LogP contribution in [-0.4, -0.2) is 42.0 Å². The largest absolute Gasteiger partial charge is 0.380 e. The molecule has 0 aliphatic heterocycles. The highest BCUT2D eigenvalue weighted by Gasteiger charge is 2.13. The maximum atomic E-state index is 12.0. The van der Waals surface area contributed by atoms with E-state index in [1.165, 1.54) is 0 Å². The minimum atomic E-state index is -0.0967. The molecule has 0 bridgehead atoms. The Bertz CT molecular complexity index is 404. The number of hydrogen-bond donors (Lipinski definition) is 2. The lowest BCUT2D eigenvalue weighted by Crippen LogP contribution is -2.27. The number of rotatable bonds is 10. The third-order valence-electron chi connectivity index (χ3n) is 3.10. The molecule has 0 saturated heterocycles. The fraction of sp³-hybridized carbons (Fsp3) is 0.714. The van der Waals surface area contributed by atoms with E-state index in [0.29, 0.717) is 25.3 Å². The predicted molar refractivity (Wildman–Crippen MR) is 78.7 cm³/mol. The fourth-order valence-electron chi connectivity index (χ4n) is 1.82. The summed E-state index contributed by atoms with van der Waals surface area (Å²) in [7, 11) is 0. The average Bonchev–Trinajstić information content (AvgIpc) is 2.81. The Morgan fingerprint density at radius 1 is 1.45 bits per heavy atom. The van der Waals surface area contributed by atoms with Gasteiger partial charge in [-0.1, -0.05) is 13.3 Å². The second-order valence-corrected chi connectivity index (χ2v) is 4.73. The van der Waals surface area contributed by atoms with Crippen molar-refractivity contribution in [1.82, 2.24) is 15.1 Å².